The topological polar surface area (TPSA) is 55.4 Å². The van der Waals surface area contributed by atoms with Gasteiger partial charge in [-0.05, 0) is 29.7 Å². The molecule has 1 fully saturated rings. The monoisotopic (exact) mass is 357 g/mol. The summed E-state index contributed by atoms with van der Waals surface area (Å²) in [6.45, 7) is 0. The van der Waals surface area contributed by atoms with Gasteiger partial charge in [-0.3, -0.25) is 0 Å². The number of hydrogen-bond acceptors (Lipinski definition) is 3. The van der Waals surface area contributed by atoms with Gasteiger partial charge < -0.3 is 0 Å². The van der Waals surface area contributed by atoms with E-state index < -0.39 is 34.2 Å². The molecule has 1 N–H and O–H groups in total. The number of benzene rings is 2. The third-order valence-corrected chi connectivity index (χ3v) is 4.85. The van der Waals surface area contributed by atoms with Crippen molar-refractivity contribution in [3.63, 3.8) is 0 Å². The highest BCUT2D eigenvalue weighted by Crippen LogP contribution is 2.36. The van der Waals surface area contributed by atoms with E-state index in [4.69, 9.17) is 4.18 Å². The molecular formula is C16H14F3NO3S. The molecule has 2 aromatic rings. The van der Waals surface area contributed by atoms with Gasteiger partial charge in [-0.15, -0.1) is 0 Å². The smallest absolute Gasteiger partial charge is 0.250 e. The molecule has 0 aromatic heterocycles. The van der Waals surface area contributed by atoms with Crippen molar-refractivity contribution in [1.29, 1.82) is 0 Å². The highest BCUT2D eigenvalue weighted by molar-refractivity contribution is 7.84. The number of halogens is 3. The maximum absolute atomic E-state index is 12.6. The zero-order valence-corrected chi connectivity index (χ0v) is 13.1. The molecule has 1 saturated heterocycles. The molecule has 3 rings (SSSR count). The molecule has 2 aromatic carbocycles. The molecule has 0 aliphatic carbocycles. The van der Waals surface area contributed by atoms with Crippen LogP contribution in [0.2, 0.25) is 0 Å². The normalized spacial score (nSPS) is 23.8. The minimum absolute atomic E-state index is 0.286. The fourth-order valence-electron chi connectivity index (χ4n) is 2.62. The van der Waals surface area contributed by atoms with Crippen LogP contribution in [0.5, 0.6) is 0 Å². The first-order valence-corrected chi connectivity index (χ1v) is 8.58. The number of nitrogens with one attached hydrogen (secondary N) is 1. The van der Waals surface area contributed by atoms with Crippen molar-refractivity contribution in [3.8, 4) is 0 Å². The number of rotatable bonds is 2. The van der Waals surface area contributed by atoms with Crippen LogP contribution in [0.1, 0.15) is 35.3 Å². The summed E-state index contributed by atoms with van der Waals surface area (Å²) in [6, 6.07) is 12.8. The lowest BCUT2D eigenvalue weighted by atomic mass is 9.97. The molecule has 8 heteroatoms. The Morgan fingerprint density at radius 2 is 1.58 bits per heavy atom. The van der Waals surface area contributed by atoms with E-state index in [2.05, 4.69) is 4.72 Å². The van der Waals surface area contributed by atoms with Crippen molar-refractivity contribution in [1.82, 2.24) is 4.72 Å². The van der Waals surface area contributed by atoms with Gasteiger partial charge in [0.15, 0.2) is 0 Å². The predicted molar refractivity (Wildman–Crippen MR) is 81.1 cm³/mol. The lowest BCUT2D eigenvalue weighted by Gasteiger charge is -2.30. The van der Waals surface area contributed by atoms with Crippen molar-refractivity contribution in [2.45, 2.75) is 24.7 Å². The first kappa shape index (κ1) is 16.9. The molecule has 4 nitrogen and oxygen atoms in total. The number of hydrogen-bond donors (Lipinski definition) is 1. The van der Waals surface area contributed by atoms with Gasteiger partial charge in [0.05, 0.1) is 11.6 Å². The minimum Gasteiger partial charge on any atom is -0.250 e. The van der Waals surface area contributed by atoms with Crippen molar-refractivity contribution in [2.24, 2.45) is 0 Å². The summed E-state index contributed by atoms with van der Waals surface area (Å²) in [4.78, 5) is 0. The Morgan fingerprint density at radius 1 is 0.958 bits per heavy atom. The van der Waals surface area contributed by atoms with Crippen LogP contribution < -0.4 is 4.72 Å². The Labute approximate surface area is 137 Å². The fourth-order valence-corrected chi connectivity index (χ4v) is 3.76. The van der Waals surface area contributed by atoms with E-state index >= 15 is 0 Å². The minimum atomic E-state index is -4.44. The summed E-state index contributed by atoms with van der Waals surface area (Å²) < 4.78 is 69.2. The van der Waals surface area contributed by atoms with Crippen LogP contribution in [0.3, 0.4) is 0 Å². The summed E-state index contributed by atoms with van der Waals surface area (Å²) >= 11 is 0. The lowest BCUT2D eigenvalue weighted by Crippen LogP contribution is -2.37. The summed E-state index contributed by atoms with van der Waals surface area (Å²) in [6.07, 6.45) is -5.00. The van der Waals surface area contributed by atoms with E-state index in [1.165, 1.54) is 12.1 Å². The molecule has 0 saturated carbocycles. The van der Waals surface area contributed by atoms with Gasteiger partial charge in [-0.25, -0.2) is 4.18 Å². The standard InChI is InChI=1S/C16H14F3NO3S/c17-16(18,19)13-8-6-12(7-9-13)15-10-14(20-24(21,22)23-15)11-4-2-1-3-5-11/h1-9,14-15,20H,10H2/t14-,15+/m0/s1. The molecule has 128 valence electrons. The highest BCUT2D eigenvalue weighted by atomic mass is 32.2. The van der Waals surface area contributed by atoms with Crippen LogP contribution in [0.4, 0.5) is 13.2 Å². The van der Waals surface area contributed by atoms with Crippen LogP contribution >= 0.6 is 0 Å². The molecule has 0 radical (unpaired) electrons. The zero-order valence-electron chi connectivity index (χ0n) is 12.3. The third kappa shape index (κ3) is 3.77. The van der Waals surface area contributed by atoms with E-state index in [-0.39, 0.29) is 6.42 Å². The van der Waals surface area contributed by atoms with E-state index in [0.29, 0.717) is 5.56 Å². The van der Waals surface area contributed by atoms with Crippen LogP contribution in [0.15, 0.2) is 54.6 Å². The maximum Gasteiger partial charge on any atom is 0.416 e. The first-order chi connectivity index (χ1) is 11.2. The Bertz CT molecular complexity index is 805. The van der Waals surface area contributed by atoms with Crippen LogP contribution in [0, 0.1) is 0 Å². The average Bonchev–Trinajstić information content (AvgIpc) is 2.53. The molecule has 2 atom stereocenters. The van der Waals surface area contributed by atoms with Crippen molar-refractivity contribution in [3.05, 3.63) is 71.3 Å². The van der Waals surface area contributed by atoms with Gasteiger partial charge in [0.25, 0.3) is 0 Å². The van der Waals surface area contributed by atoms with Gasteiger partial charge in [0.2, 0.25) is 0 Å². The largest absolute Gasteiger partial charge is 0.416 e. The zero-order chi connectivity index (χ0) is 17.4. The molecular weight excluding hydrogens is 343 g/mol. The van der Waals surface area contributed by atoms with Crippen LogP contribution in [-0.4, -0.2) is 8.42 Å². The molecule has 0 bridgehead atoms. The van der Waals surface area contributed by atoms with E-state index in [1.54, 1.807) is 24.3 Å². The van der Waals surface area contributed by atoms with Crippen LogP contribution in [0.25, 0.3) is 0 Å². The fraction of sp³-hybridized carbons (Fsp3) is 0.250. The third-order valence-electron chi connectivity index (χ3n) is 3.79. The summed E-state index contributed by atoms with van der Waals surface area (Å²) in [5.41, 5.74) is 0.359. The SMILES string of the molecule is O=S1(=O)N[C@H](c2ccccc2)C[C@H](c2ccc(C(F)(F)F)cc2)O1. The Hall–Kier alpha value is -1.90. The maximum atomic E-state index is 12.6. The van der Waals surface area contributed by atoms with Gasteiger partial charge in [0.1, 0.15) is 6.10 Å². The summed E-state index contributed by atoms with van der Waals surface area (Å²) in [5.74, 6) is 0. The second-order valence-corrected chi connectivity index (χ2v) is 6.81. The Morgan fingerprint density at radius 3 is 2.17 bits per heavy atom. The quantitative estimate of drug-likeness (QED) is 0.891. The Kier molecular flexibility index (Phi) is 4.37. The second-order valence-electron chi connectivity index (χ2n) is 5.48. The summed E-state index contributed by atoms with van der Waals surface area (Å²) in [5, 5.41) is 0. The van der Waals surface area contributed by atoms with Crippen molar-refractivity contribution in [2.75, 3.05) is 0 Å². The molecule has 1 heterocycles. The second kappa shape index (κ2) is 6.19. The molecule has 0 unspecified atom stereocenters. The van der Waals surface area contributed by atoms with Crippen molar-refractivity contribution >= 4 is 10.3 Å². The van der Waals surface area contributed by atoms with E-state index in [0.717, 1.165) is 17.7 Å². The average molecular weight is 357 g/mol. The number of alkyl halides is 3. The van der Waals surface area contributed by atoms with Gasteiger partial charge in [0, 0.05) is 0 Å². The van der Waals surface area contributed by atoms with Crippen LogP contribution in [-0.2, 0) is 20.7 Å². The molecule has 1 aliphatic heterocycles. The first-order valence-electron chi connectivity index (χ1n) is 7.17. The highest BCUT2D eigenvalue weighted by Gasteiger charge is 2.35. The summed E-state index contributed by atoms with van der Waals surface area (Å²) in [7, 11) is -3.99. The van der Waals surface area contributed by atoms with Gasteiger partial charge >= 0.3 is 16.5 Å². The lowest BCUT2D eigenvalue weighted by molar-refractivity contribution is -0.137. The predicted octanol–water partition coefficient (Wildman–Crippen LogP) is 3.74. The molecule has 0 spiro atoms. The Balaban J connectivity index is 1.87. The molecule has 1 aliphatic rings. The van der Waals surface area contributed by atoms with Crippen molar-refractivity contribution < 1.29 is 25.8 Å². The molecule has 0 amide bonds. The van der Waals surface area contributed by atoms with Gasteiger partial charge in [-0.1, -0.05) is 42.5 Å². The van der Waals surface area contributed by atoms with Gasteiger partial charge in [-0.2, -0.15) is 26.3 Å². The van der Waals surface area contributed by atoms with E-state index in [1.807, 2.05) is 6.07 Å². The molecule has 24 heavy (non-hydrogen) atoms. The van der Waals surface area contributed by atoms with E-state index in [9.17, 15) is 21.6 Å².